The molecular weight excluding hydrogens is 244 g/mol. The summed E-state index contributed by atoms with van der Waals surface area (Å²) in [5.41, 5.74) is 0.771. The van der Waals surface area contributed by atoms with E-state index in [9.17, 15) is 9.59 Å². The molecule has 0 aliphatic heterocycles. The molecule has 0 heterocycles. The molecule has 0 saturated carbocycles. The summed E-state index contributed by atoms with van der Waals surface area (Å²) in [6.45, 7) is 1.63. The Bertz CT molecular complexity index is 423. The van der Waals surface area contributed by atoms with Crippen LogP contribution in [0.3, 0.4) is 0 Å². The fourth-order valence-corrected chi connectivity index (χ4v) is 1.33. The Morgan fingerprint density at radius 1 is 1.41 bits per heavy atom. The molecule has 0 aliphatic carbocycles. The quantitative estimate of drug-likeness (QED) is 0.766. The molecule has 0 bridgehead atoms. The second kappa shape index (κ2) is 6.10. The smallest absolute Gasteiger partial charge is 0.325 e. The lowest BCUT2D eigenvalue weighted by Crippen LogP contribution is -2.44. The van der Waals surface area contributed by atoms with E-state index >= 15 is 0 Å². The Hall–Kier alpha value is -1.75. The van der Waals surface area contributed by atoms with Crippen molar-refractivity contribution in [2.75, 3.05) is 0 Å². The van der Waals surface area contributed by atoms with Gasteiger partial charge in [-0.3, -0.25) is 4.79 Å². The zero-order valence-electron chi connectivity index (χ0n) is 9.24. The molecule has 17 heavy (non-hydrogen) atoms. The van der Waals surface area contributed by atoms with Gasteiger partial charge in [-0.05, 0) is 18.6 Å². The minimum Gasteiger partial charge on any atom is -0.480 e. The molecule has 1 aromatic rings. The third-order valence-electron chi connectivity index (χ3n) is 2.12. The van der Waals surface area contributed by atoms with Gasteiger partial charge in [-0.25, -0.2) is 4.79 Å². The number of hydrogen-bond acceptors (Lipinski definition) is 2. The van der Waals surface area contributed by atoms with Gasteiger partial charge in [0, 0.05) is 11.6 Å². The van der Waals surface area contributed by atoms with E-state index in [2.05, 4.69) is 10.6 Å². The van der Waals surface area contributed by atoms with Gasteiger partial charge >= 0.3 is 12.0 Å². The first-order valence-corrected chi connectivity index (χ1v) is 5.39. The first-order chi connectivity index (χ1) is 8.00. The van der Waals surface area contributed by atoms with Crippen LogP contribution in [0.4, 0.5) is 4.79 Å². The molecular formula is C11H13ClN2O3. The van der Waals surface area contributed by atoms with Crippen molar-refractivity contribution in [2.24, 2.45) is 0 Å². The highest BCUT2D eigenvalue weighted by atomic mass is 35.5. The molecule has 1 aromatic carbocycles. The maximum absolute atomic E-state index is 11.3. The van der Waals surface area contributed by atoms with Crippen LogP contribution in [0.25, 0.3) is 0 Å². The average Bonchev–Trinajstić information content (AvgIpc) is 2.27. The summed E-state index contributed by atoms with van der Waals surface area (Å²) in [6, 6.07) is 5.62. The second-order valence-corrected chi connectivity index (χ2v) is 3.89. The summed E-state index contributed by atoms with van der Waals surface area (Å²) >= 11 is 5.90. The van der Waals surface area contributed by atoms with Crippen molar-refractivity contribution in [1.29, 1.82) is 0 Å². The van der Waals surface area contributed by atoms with Crippen molar-refractivity contribution < 1.29 is 14.7 Å². The summed E-state index contributed by atoms with van der Waals surface area (Å²) in [7, 11) is 0. The molecule has 0 fully saturated rings. The largest absolute Gasteiger partial charge is 0.480 e. The van der Waals surface area contributed by atoms with Crippen LogP contribution in [0.5, 0.6) is 0 Å². The maximum atomic E-state index is 11.3. The average molecular weight is 257 g/mol. The van der Waals surface area contributed by atoms with Gasteiger partial charge in [-0.1, -0.05) is 29.8 Å². The predicted octanol–water partition coefficient (Wildman–Crippen LogP) is 1.61. The number of aliphatic carboxylic acids is 1. The van der Waals surface area contributed by atoms with E-state index in [1.165, 1.54) is 6.92 Å². The highest BCUT2D eigenvalue weighted by Gasteiger charge is 2.13. The van der Waals surface area contributed by atoms with Gasteiger partial charge in [-0.15, -0.1) is 0 Å². The minimum atomic E-state index is -1.09. The number of amides is 2. The van der Waals surface area contributed by atoms with Crippen LogP contribution < -0.4 is 10.6 Å². The van der Waals surface area contributed by atoms with Gasteiger partial charge in [0.25, 0.3) is 0 Å². The Balaban J connectivity index is 2.44. The summed E-state index contributed by atoms with van der Waals surface area (Å²) < 4.78 is 0. The molecule has 3 N–H and O–H groups in total. The Labute approximate surface area is 104 Å². The molecule has 5 nitrogen and oxygen atoms in total. The topological polar surface area (TPSA) is 78.4 Å². The van der Waals surface area contributed by atoms with Gasteiger partial charge < -0.3 is 15.7 Å². The van der Waals surface area contributed by atoms with Gasteiger partial charge in [0.15, 0.2) is 0 Å². The molecule has 0 aromatic heterocycles. The van der Waals surface area contributed by atoms with Crippen LogP contribution in [-0.4, -0.2) is 23.1 Å². The third-order valence-corrected chi connectivity index (χ3v) is 2.48. The SMILES string of the molecule is C[C@@H](NC(=O)NCc1ccccc1Cl)C(=O)O. The molecule has 1 rings (SSSR count). The lowest BCUT2D eigenvalue weighted by molar-refractivity contribution is -0.138. The minimum absolute atomic E-state index is 0.248. The summed E-state index contributed by atoms with van der Waals surface area (Å²) in [4.78, 5) is 21.8. The van der Waals surface area contributed by atoms with Crippen molar-refractivity contribution >= 4 is 23.6 Å². The van der Waals surface area contributed by atoms with Crippen molar-refractivity contribution in [3.05, 3.63) is 34.9 Å². The fourth-order valence-electron chi connectivity index (χ4n) is 1.13. The molecule has 0 radical (unpaired) electrons. The summed E-state index contributed by atoms with van der Waals surface area (Å²) in [5.74, 6) is -1.09. The van der Waals surface area contributed by atoms with Crippen LogP contribution in [0.1, 0.15) is 12.5 Å². The second-order valence-electron chi connectivity index (χ2n) is 3.48. The number of benzene rings is 1. The maximum Gasteiger partial charge on any atom is 0.325 e. The first kappa shape index (κ1) is 13.3. The van der Waals surface area contributed by atoms with Crippen LogP contribution in [-0.2, 0) is 11.3 Å². The number of carboxylic acid groups (broad SMARTS) is 1. The van der Waals surface area contributed by atoms with Crippen LogP contribution in [0.15, 0.2) is 24.3 Å². The number of carbonyl (C=O) groups is 2. The number of rotatable bonds is 4. The Kier molecular flexibility index (Phi) is 4.78. The number of nitrogens with one attached hydrogen (secondary N) is 2. The monoisotopic (exact) mass is 256 g/mol. The van der Waals surface area contributed by atoms with E-state index in [4.69, 9.17) is 16.7 Å². The lowest BCUT2D eigenvalue weighted by Gasteiger charge is -2.11. The Morgan fingerprint density at radius 3 is 2.65 bits per heavy atom. The van der Waals surface area contributed by atoms with Crippen LogP contribution in [0, 0.1) is 0 Å². The molecule has 6 heteroatoms. The molecule has 1 atom stereocenters. The number of halogens is 1. The molecule has 0 spiro atoms. The summed E-state index contributed by atoms with van der Waals surface area (Å²) in [5, 5.41) is 14.0. The molecule has 0 unspecified atom stereocenters. The zero-order valence-corrected chi connectivity index (χ0v) is 9.99. The highest BCUT2D eigenvalue weighted by Crippen LogP contribution is 2.13. The molecule has 92 valence electrons. The van der Waals surface area contributed by atoms with Crippen LogP contribution in [0.2, 0.25) is 5.02 Å². The summed E-state index contributed by atoms with van der Waals surface area (Å²) in [6.07, 6.45) is 0. The van der Waals surface area contributed by atoms with Crippen molar-refractivity contribution in [3.63, 3.8) is 0 Å². The number of urea groups is 1. The lowest BCUT2D eigenvalue weighted by atomic mass is 10.2. The van der Waals surface area contributed by atoms with E-state index in [0.29, 0.717) is 5.02 Å². The van der Waals surface area contributed by atoms with Gasteiger partial charge in [0.05, 0.1) is 0 Å². The normalized spacial score (nSPS) is 11.6. The molecule has 2 amide bonds. The van der Waals surface area contributed by atoms with Crippen molar-refractivity contribution in [1.82, 2.24) is 10.6 Å². The van der Waals surface area contributed by atoms with Gasteiger partial charge in [0.2, 0.25) is 0 Å². The van der Waals surface area contributed by atoms with E-state index in [0.717, 1.165) is 5.56 Å². The zero-order chi connectivity index (χ0) is 12.8. The first-order valence-electron chi connectivity index (χ1n) is 5.01. The number of carbonyl (C=O) groups excluding carboxylic acids is 1. The highest BCUT2D eigenvalue weighted by molar-refractivity contribution is 6.31. The Morgan fingerprint density at radius 2 is 2.06 bits per heavy atom. The van der Waals surface area contributed by atoms with Crippen LogP contribution >= 0.6 is 11.6 Å². The third kappa shape index (κ3) is 4.32. The van der Waals surface area contributed by atoms with Gasteiger partial charge in [0.1, 0.15) is 6.04 Å². The van der Waals surface area contributed by atoms with E-state index in [1.807, 2.05) is 0 Å². The fraction of sp³-hybridized carbons (Fsp3) is 0.273. The number of hydrogen-bond donors (Lipinski definition) is 3. The van der Waals surface area contributed by atoms with E-state index < -0.39 is 18.0 Å². The number of carboxylic acids is 1. The molecule has 0 saturated heterocycles. The van der Waals surface area contributed by atoms with Crippen molar-refractivity contribution in [2.45, 2.75) is 19.5 Å². The standard InChI is InChI=1S/C11H13ClN2O3/c1-7(10(15)16)14-11(17)13-6-8-4-2-3-5-9(8)12/h2-5,7H,6H2,1H3,(H,15,16)(H2,13,14,17)/t7-/m1/s1. The predicted molar refractivity (Wildman–Crippen MR) is 63.9 cm³/mol. The molecule has 0 aliphatic rings. The van der Waals surface area contributed by atoms with Gasteiger partial charge in [-0.2, -0.15) is 0 Å². The van der Waals surface area contributed by atoms with E-state index in [1.54, 1.807) is 24.3 Å². The van der Waals surface area contributed by atoms with Crippen molar-refractivity contribution in [3.8, 4) is 0 Å². The van der Waals surface area contributed by atoms with E-state index in [-0.39, 0.29) is 6.54 Å².